The largest absolute Gasteiger partial charge is 0.456 e. The molecule has 1 N–H and O–H groups in total. The number of esters is 1. The van der Waals surface area contributed by atoms with Crippen LogP contribution < -0.4 is 5.32 Å². The lowest BCUT2D eigenvalue weighted by Crippen LogP contribution is -2.23. The summed E-state index contributed by atoms with van der Waals surface area (Å²) < 4.78 is 5.09. The van der Waals surface area contributed by atoms with Crippen molar-refractivity contribution in [1.29, 1.82) is 0 Å². The van der Waals surface area contributed by atoms with E-state index >= 15 is 0 Å². The normalized spacial score (nSPS) is 26.0. The highest BCUT2D eigenvalue weighted by Gasteiger charge is 2.40. The first-order valence-electron chi connectivity index (χ1n) is 7.82. The standard InChI is InChI=1S/C17H20ClNO3/c18-14-3-1-2-4-15(14)19-16(20)10-22-17(21)9-13-8-11-5-6-12(13)7-11/h1-4,11-13H,5-10H2,(H,19,20)/t11-,12-,13+/m1/s1. The van der Waals surface area contributed by atoms with Gasteiger partial charge in [0.1, 0.15) is 0 Å². The second-order valence-electron chi connectivity index (χ2n) is 6.33. The van der Waals surface area contributed by atoms with Crippen LogP contribution >= 0.6 is 11.6 Å². The zero-order valence-corrected chi connectivity index (χ0v) is 13.1. The van der Waals surface area contributed by atoms with E-state index in [0.29, 0.717) is 29.0 Å². The van der Waals surface area contributed by atoms with E-state index in [9.17, 15) is 9.59 Å². The van der Waals surface area contributed by atoms with Gasteiger partial charge in [-0.05, 0) is 49.1 Å². The molecule has 4 nitrogen and oxygen atoms in total. The highest BCUT2D eigenvalue weighted by atomic mass is 35.5. The fraction of sp³-hybridized carbons (Fsp3) is 0.529. The molecule has 2 aliphatic rings. The van der Waals surface area contributed by atoms with Crippen molar-refractivity contribution in [3.8, 4) is 0 Å². The number of fused-ring (bicyclic) bond motifs is 2. The zero-order chi connectivity index (χ0) is 15.5. The Hall–Kier alpha value is -1.55. The van der Waals surface area contributed by atoms with E-state index in [1.54, 1.807) is 24.3 Å². The topological polar surface area (TPSA) is 55.4 Å². The van der Waals surface area contributed by atoms with Crippen LogP contribution in [0.1, 0.15) is 32.1 Å². The number of para-hydroxylation sites is 1. The number of hydrogen-bond donors (Lipinski definition) is 1. The average molecular weight is 322 g/mol. The first-order valence-corrected chi connectivity index (χ1v) is 8.19. The summed E-state index contributed by atoms with van der Waals surface area (Å²) in [5, 5.41) is 3.10. The van der Waals surface area contributed by atoms with Crippen LogP contribution in [0.4, 0.5) is 5.69 Å². The van der Waals surface area contributed by atoms with Crippen molar-refractivity contribution in [2.45, 2.75) is 32.1 Å². The number of rotatable bonds is 5. The number of carbonyl (C=O) groups excluding carboxylic acids is 2. The minimum atomic E-state index is -0.366. The summed E-state index contributed by atoms with van der Waals surface area (Å²) in [4.78, 5) is 23.7. The minimum Gasteiger partial charge on any atom is -0.456 e. The lowest BCUT2D eigenvalue weighted by atomic mass is 9.86. The monoisotopic (exact) mass is 321 g/mol. The van der Waals surface area contributed by atoms with E-state index in [1.807, 2.05) is 0 Å². The summed E-state index contributed by atoms with van der Waals surface area (Å²) in [5.74, 6) is 1.32. The maximum atomic E-state index is 11.9. The molecule has 3 atom stereocenters. The van der Waals surface area contributed by atoms with Gasteiger partial charge in [0.25, 0.3) is 5.91 Å². The van der Waals surface area contributed by atoms with Crippen molar-refractivity contribution in [1.82, 2.24) is 0 Å². The number of halogens is 1. The molecular weight excluding hydrogens is 302 g/mol. The summed E-state index contributed by atoms with van der Waals surface area (Å²) >= 11 is 5.96. The summed E-state index contributed by atoms with van der Waals surface area (Å²) in [6, 6.07) is 6.96. The number of amides is 1. The molecule has 0 saturated heterocycles. The van der Waals surface area contributed by atoms with E-state index < -0.39 is 0 Å². The van der Waals surface area contributed by atoms with Gasteiger partial charge in [-0.15, -0.1) is 0 Å². The Morgan fingerprint density at radius 3 is 2.73 bits per heavy atom. The van der Waals surface area contributed by atoms with Crippen LogP contribution in [-0.4, -0.2) is 18.5 Å². The van der Waals surface area contributed by atoms with Crippen molar-refractivity contribution in [3.05, 3.63) is 29.3 Å². The van der Waals surface area contributed by atoms with Crippen LogP contribution in [0.15, 0.2) is 24.3 Å². The molecule has 0 unspecified atom stereocenters. The van der Waals surface area contributed by atoms with Crippen molar-refractivity contribution < 1.29 is 14.3 Å². The maximum Gasteiger partial charge on any atom is 0.306 e. The summed E-state index contributed by atoms with van der Waals surface area (Å²) in [6.45, 7) is -0.259. The number of carbonyl (C=O) groups is 2. The Bertz CT molecular complexity index is 575. The fourth-order valence-corrected chi connectivity index (χ4v) is 3.98. The number of ether oxygens (including phenoxy) is 1. The molecule has 0 heterocycles. The zero-order valence-electron chi connectivity index (χ0n) is 12.4. The summed E-state index contributed by atoms with van der Waals surface area (Å²) in [5.41, 5.74) is 0.526. The van der Waals surface area contributed by atoms with Gasteiger partial charge in [-0.1, -0.05) is 30.2 Å². The van der Waals surface area contributed by atoms with Gasteiger partial charge in [-0.2, -0.15) is 0 Å². The smallest absolute Gasteiger partial charge is 0.306 e. The Kier molecular flexibility index (Phi) is 4.67. The molecule has 5 heteroatoms. The van der Waals surface area contributed by atoms with E-state index in [1.165, 1.54) is 19.3 Å². The van der Waals surface area contributed by atoms with Gasteiger partial charge in [-0.3, -0.25) is 9.59 Å². The molecule has 1 aromatic rings. The second kappa shape index (κ2) is 6.69. The predicted molar refractivity (Wildman–Crippen MR) is 84.6 cm³/mol. The molecule has 2 bridgehead atoms. The van der Waals surface area contributed by atoms with E-state index in [-0.39, 0.29) is 18.5 Å². The number of anilines is 1. The minimum absolute atomic E-state index is 0.259. The van der Waals surface area contributed by atoms with Gasteiger partial charge in [0.15, 0.2) is 6.61 Å². The average Bonchev–Trinajstić information content (AvgIpc) is 3.10. The predicted octanol–water partition coefficient (Wildman–Crippen LogP) is 3.65. The molecule has 1 amide bonds. The van der Waals surface area contributed by atoms with Gasteiger partial charge in [0.05, 0.1) is 10.7 Å². The Labute approximate surface area is 135 Å². The Morgan fingerprint density at radius 2 is 2.05 bits per heavy atom. The van der Waals surface area contributed by atoms with Crippen LogP contribution in [0.3, 0.4) is 0 Å². The van der Waals surface area contributed by atoms with E-state index in [2.05, 4.69) is 5.32 Å². The van der Waals surface area contributed by atoms with Crippen LogP contribution in [0.5, 0.6) is 0 Å². The van der Waals surface area contributed by atoms with Crippen molar-refractivity contribution >= 4 is 29.2 Å². The van der Waals surface area contributed by atoms with Crippen molar-refractivity contribution in [3.63, 3.8) is 0 Å². The van der Waals surface area contributed by atoms with Crippen molar-refractivity contribution in [2.75, 3.05) is 11.9 Å². The quantitative estimate of drug-likeness (QED) is 0.842. The highest BCUT2D eigenvalue weighted by Crippen LogP contribution is 2.49. The molecule has 0 radical (unpaired) electrons. The van der Waals surface area contributed by atoms with Gasteiger partial charge >= 0.3 is 5.97 Å². The summed E-state index contributed by atoms with van der Waals surface area (Å²) in [7, 11) is 0. The molecule has 2 saturated carbocycles. The molecule has 0 aromatic heterocycles. The lowest BCUT2D eigenvalue weighted by molar-refractivity contribution is -0.148. The Balaban J connectivity index is 1.41. The lowest BCUT2D eigenvalue weighted by Gasteiger charge is -2.20. The van der Waals surface area contributed by atoms with Crippen LogP contribution in [0, 0.1) is 17.8 Å². The third-order valence-electron chi connectivity index (χ3n) is 4.83. The molecule has 3 rings (SSSR count). The highest BCUT2D eigenvalue weighted by molar-refractivity contribution is 6.33. The first-order chi connectivity index (χ1) is 10.6. The molecule has 0 spiro atoms. The van der Waals surface area contributed by atoms with Crippen LogP contribution in [-0.2, 0) is 14.3 Å². The summed E-state index contributed by atoms with van der Waals surface area (Å²) in [6.07, 6.45) is 5.42. The van der Waals surface area contributed by atoms with Crippen LogP contribution in [0.25, 0.3) is 0 Å². The van der Waals surface area contributed by atoms with Gasteiger partial charge in [0.2, 0.25) is 0 Å². The van der Waals surface area contributed by atoms with Gasteiger partial charge in [-0.25, -0.2) is 0 Å². The fourth-order valence-electron chi connectivity index (χ4n) is 3.79. The van der Waals surface area contributed by atoms with Crippen LogP contribution in [0.2, 0.25) is 5.02 Å². The molecule has 118 valence electrons. The Morgan fingerprint density at radius 1 is 1.23 bits per heavy atom. The van der Waals surface area contributed by atoms with E-state index in [0.717, 1.165) is 12.3 Å². The number of benzene rings is 1. The third-order valence-corrected chi connectivity index (χ3v) is 5.16. The SMILES string of the molecule is O=C(COC(=O)C[C@@H]1C[C@@H]2CC[C@@H]1C2)Nc1ccccc1Cl. The number of hydrogen-bond acceptors (Lipinski definition) is 3. The van der Waals surface area contributed by atoms with Gasteiger partial charge < -0.3 is 10.1 Å². The number of nitrogens with one attached hydrogen (secondary N) is 1. The first kappa shape index (κ1) is 15.3. The molecule has 0 aliphatic heterocycles. The molecule has 2 aliphatic carbocycles. The molecular formula is C17H20ClNO3. The molecule has 1 aromatic carbocycles. The maximum absolute atomic E-state index is 11.9. The third kappa shape index (κ3) is 3.61. The van der Waals surface area contributed by atoms with Gasteiger partial charge in [0, 0.05) is 6.42 Å². The molecule has 2 fully saturated rings. The second-order valence-corrected chi connectivity index (χ2v) is 6.73. The molecule has 22 heavy (non-hydrogen) atoms. The van der Waals surface area contributed by atoms with Crippen molar-refractivity contribution in [2.24, 2.45) is 17.8 Å². The van der Waals surface area contributed by atoms with E-state index in [4.69, 9.17) is 16.3 Å².